The van der Waals surface area contributed by atoms with Gasteiger partial charge in [0.1, 0.15) is 0 Å². The molecule has 3 nitrogen and oxygen atoms in total. The largest absolute Gasteiger partial charge is 0.411 e. The van der Waals surface area contributed by atoms with Crippen LogP contribution in [0, 0.1) is 28.6 Å². The zero-order chi connectivity index (χ0) is 17.1. The van der Waals surface area contributed by atoms with Crippen LogP contribution >= 0.6 is 0 Å². The number of fused-ring (bicyclic) bond motifs is 5. The maximum absolute atomic E-state index is 11.9. The van der Waals surface area contributed by atoms with Gasteiger partial charge in [0.05, 0.1) is 5.71 Å². The van der Waals surface area contributed by atoms with Crippen LogP contribution in [0.25, 0.3) is 0 Å². The molecule has 0 aromatic rings. The second kappa shape index (κ2) is 5.31. The van der Waals surface area contributed by atoms with Crippen molar-refractivity contribution in [3.63, 3.8) is 0 Å². The van der Waals surface area contributed by atoms with Gasteiger partial charge in [-0.25, -0.2) is 0 Å². The molecule has 4 aliphatic rings. The molecule has 24 heavy (non-hydrogen) atoms. The summed E-state index contributed by atoms with van der Waals surface area (Å²) in [5.74, 6) is 2.45. The van der Waals surface area contributed by atoms with Gasteiger partial charge in [-0.05, 0) is 85.7 Å². The summed E-state index contributed by atoms with van der Waals surface area (Å²) in [4.78, 5) is 11.9. The van der Waals surface area contributed by atoms with Gasteiger partial charge in [0.2, 0.25) is 0 Å². The van der Waals surface area contributed by atoms with Crippen molar-refractivity contribution in [2.24, 2.45) is 33.7 Å². The quantitative estimate of drug-likeness (QED) is 0.423. The average Bonchev–Trinajstić information content (AvgIpc) is 2.92. The molecule has 2 saturated carbocycles. The minimum absolute atomic E-state index is 0.166. The minimum Gasteiger partial charge on any atom is -0.411 e. The lowest BCUT2D eigenvalue weighted by molar-refractivity contribution is -0.117. The lowest BCUT2D eigenvalue weighted by Gasteiger charge is -2.57. The van der Waals surface area contributed by atoms with Crippen LogP contribution in [-0.4, -0.2) is 16.7 Å². The van der Waals surface area contributed by atoms with Crippen LogP contribution in [0.5, 0.6) is 0 Å². The maximum atomic E-state index is 11.9. The zero-order valence-electron chi connectivity index (χ0n) is 15.1. The number of allylic oxidation sites excluding steroid dienone is 4. The molecule has 5 atom stereocenters. The van der Waals surface area contributed by atoms with E-state index in [4.69, 9.17) is 0 Å². The van der Waals surface area contributed by atoms with Crippen LogP contribution < -0.4 is 0 Å². The van der Waals surface area contributed by atoms with Crippen molar-refractivity contribution in [2.45, 2.75) is 65.7 Å². The van der Waals surface area contributed by atoms with Gasteiger partial charge in [-0.3, -0.25) is 4.79 Å². The summed E-state index contributed by atoms with van der Waals surface area (Å²) in [5, 5.41) is 12.8. The van der Waals surface area contributed by atoms with Crippen LogP contribution in [0.4, 0.5) is 0 Å². The summed E-state index contributed by atoms with van der Waals surface area (Å²) in [7, 11) is 0. The Balaban J connectivity index is 1.67. The summed E-state index contributed by atoms with van der Waals surface area (Å²) in [6.45, 7) is 6.75. The van der Waals surface area contributed by atoms with E-state index in [0.29, 0.717) is 17.6 Å². The molecule has 0 aromatic heterocycles. The predicted molar refractivity (Wildman–Crippen MR) is 95.1 cm³/mol. The smallest absolute Gasteiger partial charge is 0.155 e. The van der Waals surface area contributed by atoms with Crippen LogP contribution in [0.1, 0.15) is 65.7 Å². The number of ketones is 1. The lowest BCUT2D eigenvalue weighted by Crippen LogP contribution is -2.50. The highest BCUT2D eigenvalue weighted by Crippen LogP contribution is 2.65. The molecular weight excluding hydrogens is 298 g/mol. The molecule has 3 heteroatoms. The van der Waals surface area contributed by atoms with E-state index < -0.39 is 0 Å². The zero-order valence-corrected chi connectivity index (χ0v) is 15.1. The summed E-state index contributed by atoms with van der Waals surface area (Å²) in [6, 6.07) is 0. The standard InChI is InChI=1S/C21H29NO2/c1-13(22-24)17-6-7-18-16-5-4-14-12-15(23)8-10-20(14,2)19(16)9-11-21(17,18)3/h6,12,16,18-19,24H,4-5,7-11H2,1-3H3/b22-13-. The summed E-state index contributed by atoms with van der Waals surface area (Å²) in [6.07, 6.45) is 11.9. The van der Waals surface area contributed by atoms with Gasteiger partial charge >= 0.3 is 0 Å². The van der Waals surface area contributed by atoms with Crippen molar-refractivity contribution >= 4 is 11.5 Å². The molecule has 1 N–H and O–H groups in total. The van der Waals surface area contributed by atoms with Gasteiger partial charge in [-0.2, -0.15) is 0 Å². The summed E-state index contributed by atoms with van der Waals surface area (Å²) in [5.41, 5.74) is 3.91. The van der Waals surface area contributed by atoms with E-state index in [0.717, 1.165) is 37.3 Å². The fourth-order valence-corrected chi connectivity index (χ4v) is 6.74. The molecule has 130 valence electrons. The van der Waals surface area contributed by atoms with Gasteiger partial charge in [0.15, 0.2) is 5.78 Å². The first-order chi connectivity index (χ1) is 11.4. The SMILES string of the molecule is C/C(=N/O)C1=CCC2C3CCC4=CC(=O)CCC4(C)C3CCC12C. The Hall–Kier alpha value is -1.38. The molecule has 0 radical (unpaired) electrons. The lowest BCUT2D eigenvalue weighted by atomic mass is 9.47. The van der Waals surface area contributed by atoms with Crippen molar-refractivity contribution in [1.29, 1.82) is 0 Å². The van der Waals surface area contributed by atoms with E-state index in [1.807, 2.05) is 13.0 Å². The van der Waals surface area contributed by atoms with Crippen LogP contribution in [-0.2, 0) is 4.79 Å². The van der Waals surface area contributed by atoms with E-state index >= 15 is 0 Å². The van der Waals surface area contributed by atoms with E-state index in [9.17, 15) is 10.0 Å². The molecule has 4 rings (SSSR count). The highest BCUT2D eigenvalue weighted by Gasteiger charge is 2.57. The highest BCUT2D eigenvalue weighted by molar-refractivity contribution is 5.99. The Morgan fingerprint density at radius 2 is 1.96 bits per heavy atom. The molecule has 0 amide bonds. The van der Waals surface area contributed by atoms with Crippen molar-refractivity contribution in [3.05, 3.63) is 23.3 Å². The molecule has 4 aliphatic carbocycles. The second-order valence-electron chi connectivity index (χ2n) is 8.96. The molecule has 0 aliphatic heterocycles. The normalized spacial score (nSPS) is 45.0. The number of hydrogen-bond acceptors (Lipinski definition) is 3. The average molecular weight is 327 g/mol. The van der Waals surface area contributed by atoms with Crippen molar-refractivity contribution in [2.75, 3.05) is 0 Å². The number of rotatable bonds is 1. The maximum Gasteiger partial charge on any atom is 0.155 e. The molecule has 0 saturated heterocycles. The topological polar surface area (TPSA) is 49.7 Å². The molecular formula is C21H29NO2. The molecule has 0 heterocycles. The number of hydrogen-bond donors (Lipinski definition) is 1. The number of nitrogens with zero attached hydrogens (tertiary/aromatic N) is 1. The Morgan fingerprint density at radius 3 is 2.71 bits per heavy atom. The molecule has 0 spiro atoms. The number of oxime groups is 1. The first-order valence-electron chi connectivity index (χ1n) is 9.53. The Kier molecular flexibility index (Phi) is 3.56. The Bertz CT molecular complexity index is 673. The fraction of sp³-hybridized carbons (Fsp3) is 0.714. The summed E-state index contributed by atoms with van der Waals surface area (Å²) >= 11 is 0. The van der Waals surface area contributed by atoms with E-state index in [1.54, 1.807) is 0 Å². The first-order valence-corrected chi connectivity index (χ1v) is 9.53. The second-order valence-corrected chi connectivity index (χ2v) is 8.96. The van der Waals surface area contributed by atoms with Gasteiger partial charge in [-0.1, -0.05) is 30.7 Å². The summed E-state index contributed by atoms with van der Waals surface area (Å²) < 4.78 is 0. The van der Waals surface area contributed by atoms with Crippen molar-refractivity contribution in [3.8, 4) is 0 Å². The molecule has 0 bridgehead atoms. The fourth-order valence-electron chi connectivity index (χ4n) is 6.74. The van der Waals surface area contributed by atoms with Crippen LogP contribution in [0.15, 0.2) is 28.5 Å². The number of carbonyl (C=O) groups excluding carboxylic acids is 1. The van der Waals surface area contributed by atoms with Gasteiger partial charge in [0, 0.05) is 6.42 Å². The Labute approximate surface area is 144 Å². The molecule has 5 unspecified atom stereocenters. The van der Waals surface area contributed by atoms with Crippen molar-refractivity contribution in [1.82, 2.24) is 0 Å². The van der Waals surface area contributed by atoms with Crippen LogP contribution in [0.2, 0.25) is 0 Å². The third kappa shape index (κ3) is 2.02. The van der Waals surface area contributed by atoms with E-state index in [-0.39, 0.29) is 10.8 Å². The van der Waals surface area contributed by atoms with Crippen LogP contribution in [0.3, 0.4) is 0 Å². The molecule has 0 aromatic carbocycles. The van der Waals surface area contributed by atoms with Gasteiger partial charge in [0.25, 0.3) is 0 Å². The third-order valence-electron chi connectivity index (χ3n) is 8.08. The first kappa shape index (κ1) is 16.1. The Morgan fingerprint density at radius 1 is 1.17 bits per heavy atom. The number of carbonyl (C=O) groups is 1. The highest BCUT2D eigenvalue weighted by atomic mass is 16.4. The monoisotopic (exact) mass is 327 g/mol. The van der Waals surface area contributed by atoms with Crippen molar-refractivity contribution < 1.29 is 10.0 Å². The predicted octanol–water partition coefficient (Wildman–Crippen LogP) is 4.90. The minimum atomic E-state index is 0.166. The third-order valence-corrected chi connectivity index (χ3v) is 8.08. The van der Waals surface area contributed by atoms with E-state index in [2.05, 4.69) is 25.1 Å². The van der Waals surface area contributed by atoms with Gasteiger partial charge in [-0.15, -0.1) is 0 Å². The van der Waals surface area contributed by atoms with Gasteiger partial charge < -0.3 is 5.21 Å². The van der Waals surface area contributed by atoms with E-state index in [1.165, 1.54) is 30.4 Å². The molecule has 2 fully saturated rings.